The van der Waals surface area contributed by atoms with E-state index in [0.717, 1.165) is 12.1 Å². The number of benzene rings is 2. The van der Waals surface area contributed by atoms with Crippen LogP contribution >= 0.6 is 0 Å². The van der Waals surface area contributed by atoms with Crippen molar-refractivity contribution in [3.63, 3.8) is 0 Å². The maximum absolute atomic E-state index is 13.6. The number of halogens is 7. The summed E-state index contributed by atoms with van der Waals surface area (Å²) in [5.74, 6) is -8.01. The summed E-state index contributed by atoms with van der Waals surface area (Å²) in [5, 5.41) is 4.76. The van der Waals surface area contributed by atoms with Crippen molar-refractivity contribution in [1.29, 1.82) is 0 Å². The number of rotatable bonds is 9. The Morgan fingerprint density at radius 3 is 2.10 bits per heavy atom. The first-order valence-corrected chi connectivity index (χ1v) is 12.0. The Kier molecular flexibility index (Phi) is 9.21. The fourth-order valence-corrected chi connectivity index (χ4v) is 4.35. The highest BCUT2D eigenvalue weighted by molar-refractivity contribution is 6.20. The van der Waals surface area contributed by atoms with E-state index in [9.17, 15) is 45.1 Å². The van der Waals surface area contributed by atoms with Crippen molar-refractivity contribution in [3.05, 3.63) is 65.0 Å². The molecule has 0 aliphatic carbocycles. The molecule has 0 fully saturated rings. The molecule has 0 aromatic heterocycles. The zero-order valence-electron chi connectivity index (χ0n) is 21.0. The van der Waals surface area contributed by atoms with E-state index in [4.69, 9.17) is 5.73 Å². The number of nitrogens with one attached hydrogen (secondary N) is 2. The maximum Gasteiger partial charge on any atom is 0.389 e. The maximum atomic E-state index is 13.6. The Balaban J connectivity index is 2.01. The number of carbonyl (C=O) groups is 3. The quantitative estimate of drug-likeness (QED) is 0.375. The van der Waals surface area contributed by atoms with Gasteiger partial charge >= 0.3 is 12.4 Å². The highest BCUT2D eigenvalue weighted by atomic mass is 19.4. The molecule has 7 nitrogen and oxygen atoms in total. The van der Waals surface area contributed by atoms with Crippen LogP contribution < -0.4 is 16.4 Å². The minimum absolute atomic E-state index is 0.123. The number of aliphatic imine (C=N–C) groups is 1. The van der Waals surface area contributed by atoms with Crippen LogP contribution in [0.1, 0.15) is 42.4 Å². The van der Waals surface area contributed by atoms with E-state index in [1.165, 1.54) is 12.1 Å². The molecule has 0 saturated heterocycles. The summed E-state index contributed by atoms with van der Waals surface area (Å²) in [7, 11) is 0. The van der Waals surface area contributed by atoms with Crippen molar-refractivity contribution in [2.45, 2.75) is 51.1 Å². The summed E-state index contributed by atoms with van der Waals surface area (Å²) >= 11 is 0. The molecule has 0 bridgehead atoms. The summed E-state index contributed by atoms with van der Waals surface area (Å²) in [6.07, 6.45) is -16.6. The van der Waals surface area contributed by atoms with Crippen LogP contribution in [0.4, 0.5) is 36.4 Å². The Labute approximate surface area is 224 Å². The van der Waals surface area contributed by atoms with Crippen LogP contribution in [-0.4, -0.2) is 42.0 Å². The Bertz CT molecular complexity index is 1290. The van der Waals surface area contributed by atoms with E-state index in [1.807, 2.05) is 0 Å². The normalized spacial score (nSPS) is 17.1. The first kappa shape index (κ1) is 30.6. The molecule has 2 aromatic carbocycles. The van der Waals surface area contributed by atoms with Gasteiger partial charge in [0.2, 0.25) is 18.0 Å². The molecule has 0 spiro atoms. The molecule has 40 heavy (non-hydrogen) atoms. The predicted octanol–water partition coefficient (Wildman–Crippen LogP) is 4.77. The van der Waals surface area contributed by atoms with Crippen LogP contribution in [0, 0.1) is 24.6 Å². The van der Waals surface area contributed by atoms with Gasteiger partial charge in [0.15, 0.2) is 0 Å². The summed E-state index contributed by atoms with van der Waals surface area (Å²) in [6, 6.07) is 9.91. The highest BCUT2D eigenvalue weighted by Gasteiger charge is 2.40. The number of aryl methyl sites for hydroxylation is 1. The molecular formula is C26H25F7N4O3. The van der Waals surface area contributed by atoms with Crippen LogP contribution in [0.5, 0.6) is 0 Å². The van der Waals surface area contributed by atoms with Crippen LogP contribution in [0.25, 0.3) is 0 Å². The molecule has 1 aliphatic heterocycles. The Morgan fingerprint density at radius 1 is 0.975 bits per heavy atom. The molecule has 1 heterocycles. The summed E-state index contributed by atoms with van der Waals surface area (Å²) < 4.78 is 91.2. The third kappa shape index (κ3) is 8.02. The van der Waals surface area contributed by atoms with E-state index in [1.54, 1.807) is 25.1 Å². The fourth-order valence-electron chi connectivity index (χ4n) is 4.35. The average molecular weight is 574 g/mol. The second-order valence-corrected chi connectivity index (χ2v) is 9.31. The third-order valence-electron chi connectivity index (χ3n) is 6.34. The van der Waals surface area contributed by atoms with Gasteiger partial charge in [-0.3, -0.25) is 14.4 Å². The number of anilines is 1. The zero-order valence-corrected chi connectivity index (χ0v) is 21.0. The van der Waals surface area contributed by atoms with Crippen LogP contribution in [0.3, 0.4) is 0 Å². The number of benzodiazepines with no additional fused rings is 1. The number of primary amides is 1. The molecule has 3 amide bonds. The van der Waals surface area contributed by atoms with Crippen LogP contribution in [0.2, 0.25) is 0 Å². The lowest BCUT2D eigenvalue weighted by molar-refractivity contribution is -0.152. The minimum Gasteiger partial charge on any atom is -0.369 e. The molecule has 14 heteroatoms. The van der Waals surface area contributed by atoms with Gasteiger partial charge in [0.05, 0.1) is 11.4 Å². The lowest BCUT2D eigenvalue weighted by Crippen LogP contribution is -2.48. The topological polar surface area (TPSA) is 114 Å². The average Bonchev–Trinajstić information content (AvgIpc) is 2.97. The molecule has 3 atom stereocenters. The van der Waals surface area contributed by atoms with Gasteiger partial charge in [0.25, 0.3) is 5.91 Å². The van der Waals surface area contributed by atoms with E-state index in [-0.39, 0.29) is 5.71 Å². The van der Waals surface area contributed by atoms with Gasteiger partial charge in [-0.05, 0) is 49.6 Å². The summed E-state index contributed by atoms with van der Waals surface area (Å²) in [5.41, 5.74) is 6.96. The molecule has 1 aliphatic rings. The predicted molar refractivity (Wildman–Crippen MR) is 131 cm³/mol. The van der Waals surface area contributed by atoms with Crippen molar-refractivity contribution in [3.8, 4) is 0 Å². The van der Waals surface area contributed by atoms with Crippen molar-refractivity contribution in [1.82, 2.24) is 5.32 Å². The van der Waals surface area contributed by atoms with Crippen molar-refractivity contribution < 1.29 is 45.1 Å². The van der Waals surface area contributed by atoms with Gasteiger partial charge in [-0.2, -0.15) is 26.3 Å². The lowest BCUT2D eigenvalue weighted by Gasteiger charge is -2.26. The van der Waals surface area contributed by atoms with E-state index >= 15 is 0 Å². The molecular weight excluding hydrogens is 549 g/mol. The van der Waals surface area contributed by atoms with Crippen molar-refractivity contribution >= 4 is 29.1 Å². The molecule has 0 unspecified atom stereocenters. The minimum atomic E-state index is -4.79. The lowest BCUT2D eigenvalue weighted by atomic mass is 9.83. The number of alkyl halides is 6. The van der Waals surface area contributed by atoms with E-state index in [0.29, 0.717) is 22.4 Å². The fraction of sp³-hybridized carbons (Fsp3) is 0.385. The van der Waals surface area contributed by atoms with Crippen LogP contribution in [0.15, 0.2) is 47.5 Å². The van der Waals surface area contributed by atoms with Gasteiger partial charge < -0.3 is 16.4 Å². The number of nitrogens with zero attached hydrogens (tertiary/aromatic N) is 1. The Hall–Kier alpha value is -3.97. The third-order valence-corrected chi connectivity index (χ3v) is 6.34. The number of para-hydroxylation sites is 1. The van der Waals surface area contributed by atoms with Gasteiger partial charge in [-0.25, -0.2) is 9.38 Å². The van der Waals surface area contributed by atoms with Crippen molar-refractivity contribution in [2.24, 2.45) is 22.6 Å². The van der Waals surface area contributed by atoms with Crippen LogP contribution in [-0.2, 0) is 14.4 Å². The summed E-state index contributed by atoms with van der Waals surface area (Å²) in [4.78, 5) is 42.6. The first-order chi connectivity index (χ1) is 18.6. The number of fused-ring (bicyclic) bond motifs is 1. The molecule has 0 radical (unpaired) electrons. The highest BCUT2D eigenvalue weighted by Crippen LogP contribution is 2.33. The number of nitrogens with two attached hydrogens (primary N) is 1. The first-order valence-electron chi connectivity index (χ1n) is 12.0. The van der Waals surface area contributed by atoms with Crippen molar-refractivity contribution in [2.75, 3.05) is 5.32 Å². The standard InChI is InChI=1S/C26H25F7N4O3/c1-13-3-2-4-18-19(13)36-24(40)22(35-20(18)14-5-7-15(27)8-6-14)37-23(39)17(10-12-26(31,32)33)16(21(34)38)9-11-25(28,29)30/h2-8,16-17,22H,9-12H2,1H3,(H2,34,38)(H,36,40)(H,37,39)/t16-,17+,22+/m0/s1. The van der Waals surface area contributed by atoms with E-state index in [2.05, 4.69) is 15.6 Å². The van der Waals surface area contributed by atoms with Gasteiger partial charge in [0.1, 0.15) is 5.82 Å². The SMILES string of the molecule is Cc1cccc2c1NC(=O)[C@@H](NC(=O)[C@H](CCC(F)(F)F)[C@H](CCC(F)(F)F)C(N)=O)N=C2c1ccc(F)cc1. The zero-order chi connectivity index (χ0) is 29.8. The second-order valence-electron chi connectivity index (χ2n) is 9.31. The van der Waals surface area contributed by atoms with E-state index < -0.39 is 79.6 Å². The number of amides is 3. The van der Waals surface area contributed by atoms with Gasteiger partial charge in [0, 0.05) is 35.8 Å². The molecule has 4 N–H and O–H groups in total. The smallest absolute Gasteiger partial charge is 0.369 e. The molecule has 2 aromatic rings. The number of carbonyl (C=O) groups excluding carboxylic acids is 3. The molecule has 3 rings (SSSR count). The monoisotopic (exact) mass is 574 g/mol. The van der Waals surface area contributed by atoms with Gasteiger partial charge in [-0.15, -0.1) is 0 Å². The number of hydrogen-bond donors (Lipinski definition) is 3. The molecule has 216 valence electrons. The van der Waals surface area contributed by atoms with Gasteiger partial charge in [-0.1, -0.05) is 18.2 Å². The Morgan fingerprint density at radius 2 is 1.55 bits per heavy atom. The largest absolute Gasteiger partial charge is 0.389 e. The number of hydrogen-bond acceptors (Lipinski definition) is 4. The second kappa shape index (κ2) is 12.0. The summed E-state index contributed by atoms with van der Waals surface area (Å²) in [6.45, 7) is 1.67. The molecule has 0 saturated carbocycles.